The Hall–Kier alpha value is -2.17. The van der Waals surface area contributed by atoms with Gasteiger partial charge in [-0.3, -0.25) is 19.7 Å². The number of carbonyl (C=O) groups is 3. The SMILES string of the molecule is CCc1cccc2c1CN([C@H]1CCCC(=O)NC1=O)C2=O. The smallest absolute Gasteiger partial charge is 0.255 e. The number of aryl methyl sites for hydroxylation is 1. The summed E-state index contributed by atoms with van der Waals surface area (Å²) in [5, 5.41) is 2.37. The summed E-state index contributed by atoms with van der Waals surface area (Å²) in [5.74, 6) is -0.701. The largest absolute Gasteiger partial charge is 0.322 e. The first-order valence-electron chi connectivity index (χ1n) is 7.37. The van der Waals surface area contributed by atoms with Gasteiger partial charge in [0.05, 0.1) is 0 Å². The molecule has 2 heterocycles. The number of nitrogens with zero attached hydrogens (tertiary/aromatic N) is 1. The quantitative estimate of drug-likeness (QED) is 0.836. The van der Waals surface area contributed by atoms with Crippen molar-refractivity contribution in [3.05, 3.63) is 34.9 Å². The molecule has 21 heavy (non-hydrogen) atoms. The number of benzene rings is 1. The van der Waals surface area contributed by atoms with Crippen molar-refractivity contribution in [1.29, 1.82) is 0 Å². The van der Waals surface area contributed by atoms with Crippen LogP contribution in [0.4, 0.5) is 0 Å². The Kier molecular flexibility index (Phi) is 3.49. The number of amides is 3. The highest BCUT2D eigenvalue weighted by molar-refractivity contribution is 6.04. The maximum atomic E-state index is 12.6. The molecule has 0 aromatic heterocycles. The van der Waals surface area contributed by atoms with E-state index in [-0.39, 0.29) is 17.7 Å². The summed E-state index contributed by atoms with van der Waals surface area (Å²) in [6.45, 7) is 2.52. The Labute approximate surface area is 123 Å². The van der Waals surface area contributed by atoms with Crippen LogP contribution < -0.4 is 5.32 Å². The van der Waals surface area contributed by atoms with Gasteiger partial charge in [-0.1, -0.05) is 19.1 Å². The number of imide groups is 1. The number of hydrogen-bond acceptors (Lipinski definition) is 3. The maximum Gasteiger partial charge on any atom is 0.255 e. The zero-order valence-corrected chi connectivity index (χ0v) is 12.0. The number of fused-ring (bicyclic) bond motifs is 1. The predicted octanol–water partition coefficient (Wildman–Crippen LogP) is 1.40. The molecule has 3 rings (SSSR count). The van der Waals surface area contributed by atoms with E-state index in [9.17, 15) is 14.4 Å². The van der Waals surface area contributed by atoms with Crippen molar-refractivity contribution < 1.29 is 14.4 Å². The first kappa shape index (κ1) is 13.8. The molecule has 0 bridgehead atoms. The van der Waals surface area contributed by atoms with E-state index in [1.807, 2.05) is 18.2 Å². The van der Waals surface area contributed by atoms with E-state index in [4.69, 9.17) is 0 Å². The monoisotopic (exact) mass is 286 g/mol. The highest BCUT2D eigenvalue weighted by Crippen LogP contribution is 2.29. The van der Waals surface area contributed by atoms with Crippen molar-refractivity contribution >= 4 is 17.7 Å². The van der Waals surface area contributed by atoms with Crippen molar-refractivity contribution in [2.45, 2.75) is 45.2 Å². The van der Waals surface area contributed by atoms with Crippen molar-refractivity contribution in [2.75, 3.05) is 0 Å². The Bertz CT molecular complexity index is 624. The zero-order chi connectivity index (χ0) is 15.0. The molecule has 1 N–H and O–H groups in total. The van der Waals surface area contributed by atoms with Crippen LogP contribution in [0.25, 0.3) is 0 Å². The van der Waals surface area contributed by atoms with E-state index in [0.29, 0.717) is 31.4 Å². The summed E-state index contributed by atoms with van der Waals surface area (Å²) in [6, 6.07) is 5.18. The minimum Gasteiger partial charge on any atom is -0.322 e. The molecule has 1 aromatic carbocycles. The lowest BCUT2D eigenvalue weighted by molar-refractivity contribution is -0.132. The van der Waals surface area contributed by atoms with Gasteiger partial charge in [0.1, 0.15) is 6.04 Å². The van der Waals surface area contributed by atoms with Crippen molar-refractivity contribution in [3.63, 3.8) is 0 Å². The summed E-state index contributed by atoms with van der Waals surface area (Å²) < 4.78 is 0. The summed E-state index contributed by atoms with van der Waals surface area (Å²) in [7, 11) is 0. The second-order valence-corrected chi connectivity index (χ2v) is 5.55. The minimum absolute atomic E-state index is 0.102. The van der Waals surface area contributed by atoms with Crippen LogP contribution in [-0.4, -0.2) is 28.7 Å². The van der Waals surface area contributed by atoms with E-state index in [1.165, 1.54) is 0 Å². The number of carbonyl (C=O) groups excluding carboxylic acids is 3. The van der Waals surface area contributed by atoms with E-state index in [1.54, 1.807) is 4.90 Å². The molecule has 110 valence electrons. The highest BCUT2D eigenvalue weighted by atomic mass is 16.2. The molecule has 1 atom stereocenters. The molecule has 0 aliphatic carbocycles. The summed E-state index contributed by atoms with van der Waals surface area (Å²) in [4.78, 5) is 37.7. The van der Waals surface area contributed by atoms with Gasteiger partial charge in [0, 0.05) is 18.5 Å². The van der Waals surface area contributed by atoms with Gasteiger partial charge < -0.3 is 4.90 Å². The third kappa shape index (κ3) is 2.33. The van der Waals surface area contributed by atoms with Crippen molar-refractivity contribution in [2.24, 2.45) is 0 Å². The van der Waals surface area contributed by atoms with Crippen LogP contribution in [-0.2, 0) is 22.6 Å². The van der Waals surface area contributed by atoms with Crippen LogP contribution >= 0.6 is 0 Å². The molecule has 2 aliphatic rings. The molecule has 1 saturated heterocycles. The molecular formula is C16H18N2O3. The van der Waals surface area contributed by atoms with Gasteiger partial charge in [-0.05, 0) is 36.5 Å². The number of hydrogen-bond donors (Lipinski definition) is 1. The number of rotatable bonds is 2. The van der Waals surface area contributed by atoms with Gasteiger partial charge in [0.2, 0.25) is 11.8 Å². The van der Waals surface area contributed by atoms with Crippen molar-refractivity contribution in [3.8, 4) is 0 Å². The second kappa shape index (κ2) is 5.31. The standard InChI is InChI=1S/C16H18N2O3/c1-2-10-5-3-6-11-12(10)9-18(16(11)21)13-7-4-8-14(19)17-15(13)20/h3,5-6,13H,2,4,7-9H2,1H3,(H,17,19,20)/t13-/m0/s1. The lowest BCUT2D eigenvalue weighted by Gasteiger charge is -2.24. The van der Waals surface area contributed by atoms with Crippen LogP contribution in [0, 0.1) is 0 Å². The Morgan fingerprint density at radius 1 is 1.29 bits per heavy atom. The van der Waals surface area contributed by atoms with E-state index < -0.39 is 6.04 Å². The molecule has 1 aromatic rings. The van der Waals surface area contributed by atoms with Crippen LogP contribution in [0.3, 0.4) is 0 Å². The normalized spacial score (nSPS) is 22.0. The minimum atomic E-state index is -0.541. The van der Waals surface area contributed by atoms with Crippen LogP contribution in [0.5, 0.6) is 0 Å². The predicted molar refractivity (Wildman–Crippen MR) is 76.5 cm³/mol. The summed E-state index contributed by atoms with van der Waals surface area (Å²) in [5.41, 5.74) is 2.86. The molecule has 3 amide bonds. The first-order valence-corrected chi connectivity index (χ1v) is 7.37. The van der Waals surface area contributed by atoms with Crippen molar-refractivity contribution in [1.82, 2.24) is 10.2 Å². The van der Waals surface area contributed by atoms with Crippen LogP contribution in [0.1, 0.15) is 47.7 Å². The Morgan fingerprint density at radius 3 is 2.86 bits per heavy atom. The molecule has 5 heteroatoms. The Morgan fingerprint density at radius 2 is 2.10 bits per heavy atom. The molecule has 1 fully saturated rings. The topological polar surface area (TPSA) is 66.5 Å². The third-order valence-electron chi connectivity index (χ3n) is 4.30. The van der Waals surface area contributed by atoms with E-state index in [0.717, 1.165) is 17.5 Å². The highest BCUT2D eigenvalue weighted by Gasteiger charge is 2.38. The molecule has 5 nitrogen and oxygen atoms in total. The lowest BCUT2D eigenvalue weighted by Crippen LogP contribution is -2.46. The molecule has 0 unspecified atom stereocenters. The maximum absolute atomic E-state index is 12.6. The van der Waals surface area contributed by atoms with Gasteiger partial charge in [-0.15, -0.1) is 0 Å². The molecule has 0 saturated carbocycles. The lowest BCUT2D eigenvalue weighted by atomic mass is 10.0. The fourth-order valence-corrected chi connectivity index (χ4v) is 3.17. The second-order valence-electron chi connectivity index (χ2n) is 5.55. The molecule has 0 spiro atoms. The molecule has 2 aliphatic heterocycles. The number of nitrogens with one attached hydrogen (secondary N) is 1. The van der Waals surface area contributed by atoms with Crippen LogP contribution in [0.15, 0.2) is 18.2 Å². The third-order valence-corrected chi connectivity index (χ3v) is 4.30. The van der Waals surface area contributed by atoms with Gasteiger partial charge in [-0.2, -0.15) is 0 Å². The van der Waals surface area contributed by atoms with E-state index >= 15 is 0 Å². The van der Waals surface area contributed by atoms with Gasteiger partial charge >= 0.3 is 0 Å². The van der Waals surface area contributed by atoms with Crippen LogP contribution in [0.2, 0.25) is 0 Å². The summed E-state index contributed by atoms with van der Waals surface area (Å²) in [6.07, 6.45) is 2.37. The molecular weight excluding hydrogens is 268 g/mol. The summed E-state index contributed by atoms with van der Waals surface area (Å²) >= 11 is 0. The fraction of sp³-hybridized carbons (Fsp3) is 0.438. The first-order chi connectivity index (χ1) is 10.1. The van der Waals surface area contributed by atoms with Gasteiger partial charge in [0.25, 0.3) is 5.91 Å². The Balaban J connectivity index is 1.90. The van der Waals surface area contributed by atoms with E-state index in [2.05, 4.69) is 12.2 Å². The fourth-order valence-electron chi connectivity index (χ4n) is 3.17. The van der Waals surface area contributed by atoms with Gasteiger partial charge in [-0.25, -0.2) is 0 Å². The zero-order valence-electron chi connectivity index (χ0n) is 12.0. The molecule has 0 radical (unpaired) electrons. The average molecular weight is 286 g/mol. The average Bonchev–Trinajstić information content (AvgIpc) is 2.70. The van der Waals surface area contributed by atoms with Gasteiger partial charge in [0.15, 0.2) is 0 Å².